The largest absolute Gasteiger partial charge is 0.790 e. The first-order valence-electron chi connectivity index (χ1n) is 10.2. The number of fused-ring (bicyclic) bond motifs is 1. The molecule has 3 rings (SSSR count). The predicted octanol–water partition coefficient (Wildman–Crippen LogP) is 4.00. The second kappa shape index (κ2) is 12.6. The van der Waals surface area contributed by atoms with Crippen LogP contribution in [-0.4, -0.2) is 29.6 Å². The summed E-state index contributed by atoms with van der Waals surface area (Å²) in [5.74, 6) is 1.65. The van der Waals surface area contributed by atoms with Gasteiger partial charge in [-0.05, 0) is 63.1 Å². The number of ether oxygens (including phenoxy) is 2. The van der Waals surface area contributed by atoms with Crippen molar-refractivity contribution in [2.24, 2.45) is 5.73 Å². The number of aromatic nitrogens is 1. The zero-order chi connectivity index (χ0) is 25.5. The molecule has 0 fully saturated rings. The first-order chi connectivity index (χ1) is 15.9. The van der Waals surface area contributed by atoms with Gasteiger partial charge in [0.1, 0.15) is 5.75 Å². The minimum atomic E-state index is -5.14. The van der Waals surface area contributed by atoms with E-state index in [9.17, 15) is 0 Å². The highest BCUT2D eigenvalue weighted by atomic mass is 35.5. The van der Waals surface area contributed by atoms with Gasteiger partial charge in [-0.3, -0.25) is 4.98 Å². The zero-order valence-corrected chi connectivity index (χ0v) is 21.3. The lowest BCUT2D eigenvalue weighted by molar-refractivity contribution is -0.337. The van der Waals surface area contributed by atoms with Crippen LogP contribution in [0.25, 0.3) is 10.9 Å². The Bertz CT molecular complexity index is 1170. The van der Waals surface area contributed by atoms with Gasteiger partial charge in [-0.15, -0.1) is 0 Å². The first-order valence-corrected chi connectivity index (χ1v) is 12.5. The van der Waals surface area contributed by atoms with Gasteiger partial charge in [-0.1, -0.05) is 23.2 Å². The summed E-state index contributed by atoms with van der Waals surface area (Å²) in [6, 6.07) is 9.21. The molecule has 0 aliphatic heterocycles. The highest BCUT2D eigenvalue weighted by Crippen LogP contribution is 2.44. The van der Waals surface area contributed by atoms with Crippen molar-refractivity contribution in [1.82, 2.24) is 4.98 Å². The Morgan fingerprint density at radius 3 is 2.50 bits per heavy atom. The number of anilines is 1. The molecule has 0 aliphatic carbocycles. The van der Waals surface area contributed by atoms with E-state index in [0.717, 1.165) is 35.0 Å². The number of nitrogens with one attached hydrogen (secondary N) is 1. The van der Waals surface area contributed by atoms with E-state index in [1.807, 2.05) is 19.1 Å². The summed E-state index contributed by atoms with van der Waals surface area (Å²) < 4.78 is 20.5. The number of methoxy groups -OCH3 is 1. The second-order valence-corrected chi connectivity index (χ2v) is 9.21. The maximum absolute atomic E-state index is 8.66. The summed E-state index contributed by atoms with van der Waals surface area (Å²) in [5, 5.41) is 5.37. The Morgan fingerprint density at radius 1 is 1.24 bits per heavy atom. The highest BCUT2D eigenvalue weighted by Gasteiger charge is 2.19. The molecular formula is C22H26Cl2N3O6P-2. The Hall–Kier alpha value is -2.10. The van der Waals surface area contributed by atoms with Gasteiger partial charge in [-0.2, -0.15) is 0 Å². The molecule has 2 aromatic carbocycles. The number of nitrogens with two attached hydrogens (primary N) is 1. The van der Waals surface area contributed by atoms with Gasteiger partial charge in [0.15, 0.2) is 11.5 Å². The third-order valence-electron chi connectivity index (χ3n) is 4.71. The summed E-state index contributed by atoms with van der Waals surface area (Å²) in [6.07, 6.45) is 3.70. The lowest BCUT2D eigenvalue weighted by Crippen LogP contribution is -2.17. The van der Waals surface area contributed by atoms with E-state index in [4.69, 9.17) is 57.7 Å². The zero-order valence-electron chi connectivity index (χ0n) is 18.9. The summed E-state index contributed by atoms with van der Waals surface area (Å²) in [7, 11) is -3.52. The van der Waals surface area contributed by atoms with Crippen LogP contribution < -0.4 is 30.3 Å². The van der Waals surface area contributed by atoms with Crippen LogP contribution in [-0.2, 0) is 4.57 Å². The summed E-state index contributed by atoms with van der Waals surface area (Å²) in [5.41, 5.74) is 8.36. The third kappa shape index (κ3) is 8.29. The number of benzene rings is 2. The number of hydrogen-bond acceptors (Lipinski definition) is 8. The monoisotopic (exact) mass is 529 g/mol. The molecule has 3 aromatic rings. The van der Waals surface area contributed by atoms with E-state index in [1.54, 1.807) is 31.5 Å². The van der Waals surface area contributed by atoms with Crippen molar-refractivity contribution in [2.45, 2.75) is 32.7 Å². The van der Waals surface area contributed by atoms with Crippen LogP contribution >= 0.6 is 31.0 Å². The molecule has 0 saturated heterocycles. The number of pyridine rings is 1. The minimum Gasteiger partial charge on any atom is -0.790 e. The van der Waals surface area contributed by atoms with E-state index >= 15 is 0 Å². The van der Waals surface area contributed by atoms with Gasteiger partial charge in [0.2, 0.25) is 0 Å². The van der Waals surface area contributed by atoms with Crippen LogP contribution in [0, 0.1) is 6.92 Å². The van der Waals surface area contributed by atoms with Crippen molar-refractivity contribution in [1.29, 1.82) is 0 Å². The number of phosphoric acid groups is 1. The molecule has 0 amide bonds. The minimum absolute atomic E-state index is 0.242. The predicted molar refractivity (Wildman–Crippen MR) is 131 cm³/mol. The second-order valence-electron chi connectivity index (χ2n) is 7.43. The molecule has 0 saturated carbocycles. The highest BCUT2D eigenvalue weighted by molar-refractivity contribution is 7.42. The van der Waals surface area contributed by atoms with Gasteiger partial charge in [0, 0.05) is 23.3 Å². The van der Waals surface area contributed by atoms with Gasteiger partial charge in [0.05, 0.1) is 36.5 Å². The Kier molecular flexibility index (Phi) is 10.4. The fraction of sp³-hybridized carbons (Fsp3) is 0.318. The van der Waals surface area contributed by atoms with Crippen molar-refractivity contribution in [3.05, 3.63) is 52.1 Å². The number of hydrogen-bond donors (Lipinski definition) is 3. The van der Waals surface area contributed by atoms with Gasteiger partial charge < -0.3 is 39.8 Å². The van der Waals surface area contributed by atoms with Gasteiger partial charge in [0.25, 0.3) is 0 Å². The van der Waals surface area contributed by atoms with Crippen molar-refractivity contribution in [2.75, 3.05) is 19.0 Å². The number of aryl methyl sites for hydroxylation is 1. The molecular weight excluding hydrogens is 504 g/mol. The lowest BCUT2D eigenvalue weighted by atomic mass is 10.1. The topological polar surface area (TPSA) is 153 Å². The Balaban J connectivity index is 0.000000739. The SMILES string of the molecule is COc1cc(NC(C)CCCN)c2nccc(C)c2c1Oc1ccc(Cl)cc1Cl.O=P([O-])([O-])O. The lowest BCUT2D eigenvalue weighted by Gasteiger charge is -2.21. The van der Waals surface area contributed by atoms with E-state index in [0.29, 0.717) is 33.8 Å². The fourth-order valence-electron chi connectivity index (χ4n) is 3.23. The molecule has 4 N–H and O–H groups in total. The third-order valence-corrected chi connectivity index (χ3v) is 5.24. The Morgan fingerprint density at radius 2 is 1.91 bits per heavy atom. The molecule has 0 bridgehead atoms. The van der Waals surface area contributed by atoms with Crippen molar-refractivity contribution < 1.29 is 28.7 Å². The van der Waals surface area contributed by atoms with Crippen LogP contribution in [0.3, 0.4) is 0 Å². The van der Waals surface area contributed by atoms with Crippen LogP contribution in [0.15, 0.2) is 36.5 Å². The molecule has 186 valence electrons. The molecule has 1 unspecified atom stereocenters. The molecule has 1 heterocycles. The van der Waals surface area contributed by atoms with E-state index < -0.39 is 7.82 Å². The standard InChI is InChI=1S/C22H25Cl2N3O2.H3O4P/c1-13-8-10-26-21-17(27-14(2)5-4-9-25)12-19(28-3)22(20(13)21)29-18-7-6-15(23)11-16(18)24;1-5(2,3)4/h6-8,10-12,14,27H,4-5,9,25H2,1-3H3;(H3,1,2,3,4)/p-2. The van der Waals surface area contributed by atoms with Crippen LogP contribution in [0.1, 0.15) is 25.3 Å². The van der Waals surface area contributed by atoms with Gasteiger partial charge in [-0.25, -0.2) is 0 Å². The number of nitrogens with zero attached hydrogens (tertiary/aromatic N) is 1. The van der Waals surface area contributed by atoms with Crippen molar-refractivity contribution >= 4 is 47.6 Å². The van der Waals surface area contributed by atoms with Crippen molar-refractivity contribution in [3.8, 4) is 17.2 Å². The molecule has 1 aromatic heterocycles. The summed E-state index contributed by atoms with van der Waals surface area (Å²) >= 11 is 12.3. The maximum atomic E-state index is 8.66. The van der Waals surface area contributed by atoms with Crippen molar-refractivity contribution in [3.63, 3.8) is 0 Å². The Labute approximate surface area is 208 Å². The molecule has 0 radical (unpaired) electrons. The van der Waals surface area contributed by atoms with Crippen LogP contribution in [0.4, 0.5) is 5.69 Å². The normalized spacial score (nSPS) is 12.0. The smallest absolute Gasteiger partial charge is 0.179 e. The van der Waals surface area contributed by atoms with E-state index in [2.05, 4.69) is 17.2 Å². The first kappa shape index (κ1) is 28.1. The molecule has 34 heavy (non-hydrogen) atoms. The molecule has 0 aliphatic rings. The summed E-state index contributed by atoms with van der Waals surface area (Å²) in [4.78, 5) is 28.9. The average molecular weight is 530 g/mol. The van der Waals surface area contributed by atoms with Gasteiger partial charge >= 0.3 is 0 Å². The molecule has 12 heteroatoms. The summed E-state index contributed by atoms with van der Waals surface area (Å²) in [6.45, 7) is 4.81. The molecule has 1 atom stereocenters. The number of rotatable bonds is 8. The van der Waals surface area contributed by atoms with E-state index in [1.165, 1.54) is 0 Å². The molecule has 0 spiro atoms. The fourth-order valence-corrected chi connectivity index (χ4v) is 3.68. The maximum Gasteiger partial charge on any atom is 0.179 e. The quantitative estimate of drug-likeness (QED) is 0.367. The van der Waals surface area contributed by atoms with E-state index in [-0.39, 0.29) is 6.04 Å². The number of halogens is 2. The average Bonchev–Trinajstić information content (AvgIpc) is 2.74. The molecule has 9 nitrogen and oxygen atoms in total. The van der Waals surface area contributed by atoms with Crippen LogP contribution in [0.5, 0.6) is 17.2 Å². The van der Waals surface area contributed by atoms with Crippen LogP contribution in [0.2, 0.25) is 10.0 Å².